The van der Waals surface area contributed by atoms with Crippen LogP contribution in [-0.4, -0.2) is 21.9 Å². The van der Waals surface area contributed by atoms with Crippen LogP contribution in [0.3, 0.4) is 0 Å². The lowest BCUT2D eigenvalue weighted by atomic mass is 10.1. The summed E-state index contributed by atoms with van der Waals surface area (Å²) in [7, 11) is 0. The highest BCUT2D eigenvalue weighted by Gasteiger charge is 2.15. The van der Waals surface area contributed by atoms with Gasteiger partial charge in [-0.25, -0.2) is 13.8 Å². The van der Waals surface area contributed by atoms with E-state index in [4.69, 9.17) is 5.73 Å². The topological polar surface area (TPSA) is 83.8 Å². The fourth-order valence-corrected chi connectivity index (χ4v) is 1.59. The molecule has 4 N–H and O–H groups in total. The molecule has 0 spiro atoms. The molecule has 1 aromatic carbocycles. The number of H-pyrrole nitrogens is 1. The van der Waals surface area contributed by atoms with Crippen molar-refractivity contribution in [2.75, 3.05) is 5.32 Å². The van der Waals surface area contributed by atoms with Gasteiger partial charge in [-0.3, -0.25) is 4.79 Å². The molecule has 2 rings (SSSR count). The maximum Gasteiger partial charge on any atom is 0.241 e. The standard InChI is InChI=1S/C12H12F2N4O/c13-7-1-8(14)3-9(2-7)18-12(19)11(15)4-10-5-16-6-17-10/h1-3,5-6,11H,4,15H2,(H,16,17)(H,18,19)/t11-/m0/s1. The molecule has 0 bridgehead atoms. The van der Waals surface area contributed by atoms with Crippen LogP contribution in [0.4, 0.5) is 14.5 Å². The zero-order valence-corrected chi connectivity index (χ0v) is 9.86. The Bertz CT molecular complexity index is 551. The van der Waals surface area contributed by atoms with E-state index in [0.717, 1.165) is 18.2 Å². The SMILES string of the molecule is N[C@@H](Cc1cnc[nH]1)C(=O)Nc1cc(F)cc(F)c1. The lowest BCUT2D eigenvalue weighted by molar-refractivity contribution is -0.117. The van der Waals surface area contributed by atoms with Crippen LogP contribution in [0, 0.1) is 11.6 Å². The van der Waals surface area contributed by atoms with Crippen LogP contribution in [0.2, 0.25) is 0 Å². The van der Waals surface area contributed by atoms with Gasteiger partial charge in [0.1, 0.15) is 11.6 Å². The fourth-order valence-electron chi connectivity index (χ4n) is 1.59. The third-order valence-electron chi connectivity index (χ3n) is 2.46. The molecule has 2 aromatic rings. The molecule has 0 fully saturated rings. The number of anilines is 1. The largest absolute Gasteiger partial charge is 0.348 e. The van der Waals surface area contributed by atoms with Gasteiger partial charge in [-0.2, -0.15) is 0 Å². The monoisotopic (exact) mass is 266 g/mol. The fraction of sp³-hybridized carbons (Fsp3) is 0.167. The highest BCUT2D eigenvalue weighted by molar-refractivity contribution is 5.94. The molecule has 0 aliphatic rings. The van der Waals surface area contributed by atoms with E-state index < -0.39 is 23.6 Å². The second kappa shape index (κ2) is 5.57. The summed E-state index contributed by atoms with van der Waals surface area (Å²) < 4.78 is 25.9. The lowest BCUT2D eigenvalue weighted by Crippen LogP contribution is -2.37. The van der Waals surface area contributed by atoms with Crippen molar-refractivity contribution in [2.45, 2.75) is 12.5 Å². The zero-order valence-electron chi connectivity index (χ0n) is 9.86. The first kappa shape index (κ1) is 13.2. The van der Waals surface area contributed by atoms with Crippen LogP contribution >= 0.6 is 0 Å². The number of aromatic nitrogens is 2. The maximum absolute atomic E-state index is 12.9. The van der Waals surface area contributed by atoms with Crippen LogP contribution in [0.1, 0.15) is 5.69 Å². The van der Waals surface area contributed by atoms with Crippen molar-refractivity contribution in [3.63, 3.8) is 0 Å². The number of carbonyl (C=O) groups is 1. The van der Waals surface area contributed by atoms with Crippen LogP contribution in [0.15, 0.2) is 30.7 Å². The van der Waals surface area contributed by atoms with E-state index in [0.29, 0.717) is 5.69 Å². The molecule has 1 heterocycles. The van der Waals surface area contributed by atoms with Crippen LogP contribution in [0.5, 0.6) is 0 Å². The molecule has 100 valence electrons. The predicted molar refractivity (Wildman–Crippen MR) is 65.3 cm³/mol. The Morgan fingerprint density at radius 2 is 2.05 bits per heavy atom. The second-order valence-electron chi connectivity index (χ2n) is 4.03. The number of rotatable bonds is 4. The number of benzene rings is 1. The number of amides is 1. The van der Waals surface area contributed by atoms with Gasteiger partial charge in [-0.1, -0.05) is 0 Å². The minimum Gasteiger partial charge on any atom is -0.348 e. The summed E-state index contributed by atoms with van der Waals surface area (Å²) in [6, 6.07) is 1.92. The van der Waals surface area contributed by atoms with Gasteiger partial charge in [0.05, 0.1) is 12.4 Å². The van der Waals surface area contributed by atoms with Crippen LogP contribution in [-0.2, 0) is 11.2 Å². The number of aromatic amines is 1. The van der Waals surface area contributed by atoms with Gasteiger partial charge in [-0.05, 0) is 12.1 Å². The summed E-state index contributed by atoms with van der Waals surface area (Å²) in [6.07, 6.45) is 3.28. The Morgan fingerprint density at radius 3 is 2.63 bits per heavy atom. The van der Waals surface area contributed by atoms with Crippen molar-refractivity contribution in [3.8, 4) is 0 Å². The quantitative estimate of drug-likeness (QED) is 0.777. The van der Waals surface area contributed by atoms with E-state index in [1.165, 1.54) is 6.33 Å². The van der Waals surface area contributed by atoms with E-state index in [2.05, 4.69) is 15.3 Å². The van der Waals surface area contributed by atoms with E-state index in [1.54, 1.807) is 6.20 Å². The molecule has 0 aliphatic carbocycles. The molecular formula is C12H12F2N4O. The molecule has 0 unspecified atom stereocenters. The number of halogens is 2. The molecule has 0 aliphatic heterocycles. The lowest BCUT2D eigenvalue weighted by Gasteiger charge is -2.11. The van der Waals surface area contributed by atoms with Crippen LogP contribution < -0.4 is 11.1 Å². The van der Waals surface area contributed by atoms with E-state index in [-0.39, 0.29) is 12.1 Å². The summed E-state index contributed by atoms with van der Waals surface area (Å²) >= 11 is 0. The van der Waals surface area contributed by atoms with Gasteiger partial charge < -0.3 is 16.0 Å². The first-order valence-corrected chi connectivity index (χ1v) is 5.54. The highest BCUT2D eigenvalue weighted by atomic mass is 19.1. The van der Waals surface area contributed by atoms with Crippen molar-refractivity contribution in [1.29, 1.82) is 0 Å². The van der Waals surface area contributed by atoms with E-state index in [1.807, 2.05) is 0 Å². The summed E-state index contributed by atoms with van der Waals surface area (Å²) in [5.41, 5.74) is 6.42. The number of imidazole rings is 1. The maximum atomic E-state index is 12.9. The van der Waals surface area contributed by atoms with Gasteiger partial charge in [0, 0.05) is 30.1 Å². The number of nitrogens with zero attached hydrogens (tertiary/aromatic N) is 1. The number of hydrogen-bond donors (Lipinski definition) is 3. The van der Waals surface area contributed by atoms with Gasteiger partial charge in [-0.15, -0.1) is 0 Å². The molecule has 19 heavy (non-hydrogen) atoms. The van der Waals surface area contributed by atoms with Crippen molar-refractivity contribution in [2.24, 2.45) is 5.73 Å². The van der Waals surface area contributed by atoms with Crippen LogP contribution in [0.25, 0.3) is 0 Å². The number of carbonyl (C=O) groups excluding carboxylic acids is 1. The Labute approximate surface area is 107 Å². The van der Waals surface area contributed by atoms with Gasteiger partial charge in [0.15, 0.2) is 0 Å². The predicted octanol–water partition coefficient (Wildman–Crippen LogP) is 1.20. The zero-order chi connectivity index (χ0) is 13.8. The Balaban J connectivity index is 2.00. The van der Waals surface area contributed by atoms with Crippen molar-refractivity contribution in [3.05, 3.63) is 48.1 Å². The molecule has 0 saturated heterocycles. The normalized spacial score (nSPS) is 12.2. The van der Waals surface area contributed by atoms with Gasteiger partial charge >= 0.3 is 0 Å². The molecule has 5 nitrogen and oxygen atoms in total. The molecule has 1 atom stereocenters. The van der Waals surface area contributed by atoms with Gasteiger partial charge in [0.2, 0.25) is 5.91 Å². The van der Waals surface area contributed by atoms with Crippen molar-refractivity contribution >= 4 is 11.6 Å². The van der Waals surface area contributed by atoms with Crippen molar-refractivity contribution < 1.29 is 13.6 Å². The van der Waals surface area contributed by atoms with E-state index in [9.17, 15) is 13.6 Å². The summed E-state index contributed by atoms with van der Waals surface area (Å²) in [4.78, 5) is 18.4. The first-order chi connectivity index (χ1) is 9.04. The second-order valence-corrected chi connectivity index (χ2v) is 4.03. The minimum atomic E-state index is -0.841. The summed E-state index contributed by atoms with van der Waals surface area (Å²) in [5, 5.41) is 2.36. The molecule has 0 saturated carbocycles. The Morgan fingerprint density at radius 1 is 1.37 bits per heavy atom. The molecule has 7 heteroatoms. The average Bonchev–Trinajstić information content (AvgIpc) is 2.80. The molecule has 1 amide bonds. The summed E-state index contributed by atoms with van der Waals surface area (Å²) in [6.45, 7) is 0. The summed E-state index contributed by atoms with van der Waals surface area (Å²) in [5.74, 6) is -2.06. The van der Waals surface area contributed by atoms with E-state index >= 15 is 0 Å². The molecule has 0 radical (unpaired) electrons. The molecular weight excluding hydrogens is 254 g/mol. The van der Waals surface area contributed by atoms with Gasteiger partial charge in [0.25, 0.3) is 0 Å². The number of nitrogens with one attached hydrogen (secondary N) is 2. The first-order valence-electron chi connectivity index (χ1n) is 5.54. The third-order valence-corrected chi connectivity index (χ3v) is 2.46. The number of hydrogen-bond acceptors (Lipinski definition) is 3. The molecule has 1 aromatic heterocycles. The Kier molecular flexibility index (Phi) is 3.86. The minimum absolute atomic E-state index is 0.0301. The highest BCUT2D eigenvalue weighted by Crippen LogP contribution is 2.13. The third kappa shape index (κ3) is 3.59. The Hall–Kier alpha value is -2.28. The van der Waals surface area contributed by atoms with Crippen molar-refractivity contribution in [1.82, 2.24) is 9.97 Å². The smallest absolute Gasteiger partial charge is 0.241 e. The number of nitrogens with two attached hydrogens (primary N) is 1. The average molecular weight is 266 g/mol.